The van der Waals surface area contributed by atoms with Gasteiger partial charge in [0, 0.05) is 18.9 Å². The number of anilines is 1. The van der Waals surface area contributed by atoms with Gasteiger partial charge >= 0.3 is 0 Å². The fourth-order valence-electron chi connectivity index (χ4n) is 3.09. The number of rotatable bonds is 2. The first-order chi connectivity index (χ1) is 9.92. The molecule has 4 rings (SSSR count). The molecular weight excluding hydrogens is 248 g/mol. The van der Waals surface area contributed by atoms with Crippen LogP contribution in [0.25, 0.3) is 11.0 Å². The van der Waals surface area contributed by atoms with Crippen molar-refractivity contribution in [2.45, 2.75) is 25.4 Å². The maximum absolute atomic E-state index is 4.75. The molecule has 1 N–H and O–H groups in total. The Morgan fingerprint density at radius 2 is 1.90 bits per heavy atom. The molecule has 4 nitrogen and oxygen atoms in total. The van der Waals surface area contributed by atoms with E-state index < -0.39 is 0 Å². The summed E-state index contributed by atoms with van der Waals surface area (Å²) in [5.74, 6) is 0.990. The number of piperidine rings is 1. The second kappa shape index (κ2) is 4.71. The maximum atomic E-state index is 4.75. The van der Waals surface area contributed by atoms with Gasteiger partial charge in [-0.1, -0.05) is 12.1 Å². The van der Waals surface area contributed by atoms with Crippen LogP contribution in [0.2, 0.25) is 0 Å². The van der Waals surface area contributed by atoms with E-state index in [4.69, 9.17) is 4.98 Å². The number of para-hydroxylation sites is 2. The second-order valence-electron chi connectivity index (χ2n) is 5.38. The molecule has 0 amide bonds. The predicted molar refractivity (Wildman–Crippen MR) is 80.8 cm³/mol. The minimum absolute atomic E-state index is 0.374. The Labute approximate surface area is 118 Å². The number of fused-ring (bicyclic) bond motifs is 1. The van der Waals surface area contributed by atoms with Crippen molar-refractivity contribution in [3.8, 4) is 0 Å². The minimum atomic E-state index is 0.374. The van der Waals surface area contributed by atoms with Gasteiger partial charge in [-0.15, -0.1) is 0 Å². The molecule has 1 fully saturated rings. The number of aromatic nitrogens is 3. The Bertz CT molecular complexity index is 665. The number of nitrogens with zero attached hydrogens (tertiary/aromatic N) is 3. The maximum Gasteiger partial charge on any atom is 0.205 e. The van der Waals surface area contributed by atoms with Crippen LogP contribution in [0.1, 0.15) is 25.4 Å². The number of hydrogen-bond donors (Lipinski definition) is 1. The molecule has 3 aromatic rings. The molecule has 1 atom stereocenters. The largest absolute Gasteiger partial charge is 0.334 e. The van der Waals surface area contributed by atoms with Crippen molar-refractivity contribution < 1.29 is 0 Å². The van der Waals surface area contributed by atoms with E-state index in [2.05, 4.69) is 51.1 Å². The summed E-state index contributed by atoms with van der Waals surface area (Å²) in [5, 5.41) is 0. The topological polar surface area (TPSA) is 36.9 Å². The van der Waals surface area contributed by atoms with Crippen LogP contribution in [0.5, 0.6) is 0 Å². The first-order valence-electron chi connectivity index (χ1n) is 7.26. The van der Waals surface area contributed by atoms with Crippen LogP contribution >= 0.6 is 0 Å². The SMILES string of the molecule is c1ccc2[nH]c(N3CCCCC3n3cccc3)nc2c1. The molecule has 0 bridgehead atoms. The van der Waals surface area contributed by atoms with Gasteiger partial charge in [0.25, 0.3) is 0 Å². The minimum Gasteiger partial charge on any atom is -0.334 e. The summed E-state index contributed by atoms with van der Waals surface area (Å²) < 4.78 is 2.28. The first kappa shape index (κ1) is 11.6. The average Bonchev–Trinajstić information content (AvgIpc) is 3.16. The highest BCUT2D eigenvalue weighted by Crippen LogP contribution is 2.30. The van der Waals surface area contributed by atoms with Crippen molar-refractivity contribution in [1.82, 2.24) is 14.5 Å². The van der Waals surface area contributed by atoms with Crippen molar-refractivity contribution in [1.29, 1.82) is 0 Å². The number of aromatic amines is 1. The molecule has 2 aromatic heterocycles. The second-order valence-corrected chi connectivity index (χ2v) is 5.38. The highest BCUT2D eigenvalue weighted by molar-refractivity contribution is 5.77. The summed E-state index contributed by atoms with van der Waals surface area (Å²) in [5.41, 5.74) is 2.15. The van der Waals surface area contributed by atoms with Crippen molar-refractivity contribution in [3.05, 3.63) is 48.8 Å². The molecule has 1 aliphatic rings. The zero-order valence-corrected chi connectivity index (χ0v) is 11.4. The van der Waals surface area contributed by atoms with E-state index in [-0.39, 0.29) is 0 Å². The summed E-state index contributed by atoms with van der Waals surface area (Å²) in [6.07, 6.45) is 8.34. The van der Waals surface area contributed by atoms with Gasteiger partial charge in [-0.25, -0.2) is 4.98 Å². The van der Waals surface area contributed by atoms with Gasteiger partial charge in [-0.2, -0.15) is 0 Å². The standard InChI is InChI=1S/C16H18N4/c1-2-8-14-13(7-1)17-16(18-14)20-12-4-3-9-15(20)19-10-5-6-11-19/h1-2,5-8,10-11,15H,3-4,9,12H2,(H,17,18). The zero-order chi connectivity index (χ0) is 13.4. The van der Waals surface area contributed by atoms with Gasteiger partial charge in [0.1, 0.15) is 6.17 Å². The van der Waals surface area contributed by atoms with Gasteiger partial charge in [0.05, 0.1) is 11.0 Å². The van der Waals surface area contributed by atoms with E-state index in [1.807, 2.05) is 12.1 Å². The van der Waals surface area contributed by atoms with Crippen molar-refractivity contribution in [2.24, 2.45) is 0 Å². The third-order valence-electron chi connectivity index (χ3n) is 4.09. The van der Waals surface area contributed by atoms with E-state index in [0.29, 0.717) is 6.17 Å². The monoisotopic (exact) mass is 266 g/mol. The van der Waals surface area contributed by atoms with E-state index in [1.54, 1.807) is 0 Å². The molecule has 4 heteroatoms. The zero-order valence-electron chi connectivity index (χ0n) is 11.4. The third-order valence-corrected chi connectivity index (χ3v) is 4.09. The summed E-state index contributed by atoms with van der Waals surface area (Å²) >= 11 is 0. The van der Waals surface area contributed by atoms with Crippen molar-refractivity contribution in [3.63, 3.8) is 0 Å². The molecule has 0 spiro atoms. The van der Waals surface area contributed by atoms with E-state index in [0.717, 1.165) is 23.5 Å². The molecule has 102 valence electrons. The molecule has 3 heterocycles. The molecule has 0 radical (unpaired) electrons. The smallest absolute Gasteiger partial charge is 0.205 e. The van der Waals surface area contributed by atoms with Crippen LogP contribution in [0.4, 0.5) is 5.95 Å². The van der Waals surface area contributed by atoms with Crippen LogP contribution < -0.4 is 4.90 Å². The van der Waals surface area contributed by atoms with E-state index in [9.17, 15) is 0 Å². The molecule has 0 aliphatic carbocycles. The summed E-state index contributed by atoms with van der Waals surface area (Å²) in [6.45, 7) is 1.06. The fourth-order valence-corrected chi connectivity index (χ4v) is 3.09. The summed E-state index contributed by atoms with van der Waals surface area (Å²) in [7, 11) is 0. The number of nitrogens with one attached hydrogen (secondary N) is 1. The Kier molecular flexibility index (Phi) is 2.73. The molecule has 1 aliphatic heterocycles. The van der Waals surface area contributed by atoms with Gasteiger partial charge in [-0.05, 0) is 43.5 Å². The van der Waals surface area contributed by atoms with E-state index in [1.165, 1.54) is 19.3 Å². The van der Waals surface area contributed by atoms with Crippen LogP contribution in [-0.4, -0.2) is 21.1 Å². The van der Waals surface area contributed by atoms with Crippen LogP contribution in [0.15, 0.2) is 48.8 Å². The van der Waals surface area contributed by atoms with Gasteiger partial charge in [-0.3, -0.25) is 0 Å². The predicted octanol–water partition coefficient (Wildman–Crippen LogP) is 3.55. The number of benzene rings is 1. The number of imidazole rings is 1. The quantitative estimate of drug-likeness (QED) is 0.770. The lowest BCUT2D eigenvalue weighted by Gasteiger charge is -2.36. The van der Waals surface area contributed by atoms with Gasteiger partial charge in [0.2, 0.25) is 5.95 Å². The molecule has 1 saturated heterocycles. The number of hydrogen-bond acceptors (Lipinski definition) is 2. The van der Waals surface area contributed by atoms with Gasteiger partial charge in [0.15, 0.2) is 0 Å². The Morgan fingerprint density at radius 1 is 1.05 bits per heavy atom. The summed E-state index contributed by atoms with van der Waals surface area (Å²) in [6, 6.07) is 12.4. The Balaban J connectivity index is 1.74. The lowest BCUT2D eigenvalue weighted by atomic mass is 10.1. The molecule has 1 aromatic carbocycles. The summed E-state index contributed by atoms with van der Waals surface area (Å²) in [4.78, 5) is 10.6. The molecule has 20 heavy (non-hydrogen) atoms. The van der Waals surface area contributed by atoms with Gasteiger partial charge < -0.3 is 14.5 Å². The molecule has 1 unspecified atom stereocenters. The highest BCUT2D eigenvalue weighted by Gasteiger charge is 2.25. The van der Waals surface area contributed by atoms with Crippen LogP contribution in [0, 0.1) is 0 Å². The van der Waals surface area contributed by atoms with Crippen molar-refractivity contribution in [2.75, 3.05) is 11.4 Å². The number of H-pyrrole nitrogens is 1. The first-order valence-corrected chi connectivity index (χ1v) is 7.26. The van der Waals surface area contributed by atoms with Crippen LogP contribution in [0.3, 0.4) is 0 Å². The molecule has 0 saturated carbocycles. The fraction of sp³-hybridized carbons (Fsp3) is 0.312. The van der Waals surface area contributed by atoms with Crippen LogP contribution in [-0.2, 0) is 0 Å². The van der Waals surface area contributed by atoms with Crippen molar-refractivity contribution >= 4 is 17.0 Å². The third kappa shape index (κ3) is 1.88. The lowest BCUT2D eigenvalue weighted by molar-refractivity contribution is 0.372. The Morgan fingerprint density at radius 3 is 2.75 bits per heavy atom. The average molecular weight is 266 g/mol. The lowest BCUT2D eigenvalue weighted by Crippen LogP contribution is -2.37. The molecular formula is C16H18N4. The van der Waals surface area contributed by atoms with E-state index >= 15 is 0 Å². The normalized spacial score (nSPS) is 19.6. The Hall–Kier alpha value is -2.23. The highest BCUT2D eigenvalue weighted by atomic mass is 15.4.